The second-order valence-electron chi connectivity index (χ2n) is 3.22. The molecule has 1 unspecified atom stereocenters. The van der Waals surface area contributed by atoms with Crippen molar-refractivity contribution in [2.45, 2.75) is 23.6 Å². The average Bonchev–Trinajstić information content (AvgIpc) is 2.20. The van der Waals surface area contributed by atoms with Gasteiger partial charge in [-0.3, -0.25) is 4.79 Å². The molecule has 2 nitrogen and oxygen atoms in total. The molecule has 0 bridgehead atoms. The van der Waals surface area contributed by atoms with Crippen LogP contribution < -0.4 is 0 Å². The maximum absolute atomic E-state index is 12.6. The molecule has 0 spiro atoms. The molecule has 0 aromatic carbocycles. The average molecular weight is 278 g/mol. The molecule has 0 radical (unpaired) electrons. The zero-order valence-electron chi connectivity index (χ0n) is 7.24. The molecule has 0 aromatic heterocycles. The van der Waals surface area contributed by atoms with Gasteiger partial charge in [0.1, 0.15) is 0 Å². The highest BCUT2D eigenvalue weighted by Gasteiger charge is 2.63. The van der Waals surface area contributed by atoms with Gasteiger partial charge in [0.05, 0.1) is 17.9 Å². The molecule has 0 N–H and O–H groups in total. The van der Waals surface area contributed by atoms with E-state index in [9.17, 15) is 22.4 Å². The summed E-state index contributed by atoms with van der Waals surface area (Å²) in [5.74, 6) is -8.99. The fraction of sp³-hybridized carbons (Fsp3) is 0.857. The SMILES string of the molecule is CC(Br)C(=O)N1CC(F)(F)C(F)(F)C1. The first-order valence-electron chi connectivity index (χ1n) is 3.86. The summed E-state index contributed by atoms with van der Waals surface area (Å²) in [7, 11) is 0. The molecule has 0 aliphatic carbocycles. The number of hydrogen-bond donors (Lipinski definition) is 0. The number of carbonyl (C=O) groups is 1. The van der Waals surface area contributed by atoms with Gasteiger partial charge in [0.25, 0.3) is 0 Å². The minimum Gasteiger partial charge on any atom is -0.329 e. The van der Waals surface area contributed by atoms with Crippen molar-refractivity contribution in [1.82, 2.24) is 4.90 Å². The molecule has 1 saturated heterocycles. The number of nitrogens with zero attached hydrogens (tertiary/aromatic N) is 1. The molecule has 1 rings (SSSR count). The molecule has 1 heterocycles. The lowest BCUT2D eigenvalue weighted by Crippen LogP contribution is -2.38. The summed E-state index contributed by atoms with van der Waals surface area (Å²) in [6.07, 6.45) is 0. The van der Waals surface area contributed by atoms with Crippen LogP contribution >= 0.6 is 15.9 Å². The Hall–Kier alpha value is -0.330. The number of rotatable bonds is 1. The van der Waals surface area contributed by atoms with Crippen LogP contribution in [0.5, 0.6) is 0 Å². The second-order valence-corrected chi connectivity index (χ2v) is 4.59. The summed E-state index contributed by atoms with van der Waals surface area (Å²) in [5, 5.41) is 0. The Kier molecular flexibility index (Phi) is 2.82. The topological polar surface area (TPSA) is 20.3 Å². The Balaban J connectivity index is 2.78. The third-order valence-corrected chi connectivity index (χ3v) is 2.36. The van der Waals surface area contributed by atoms with Crippen molar-refractivity contribution in [2.75, 3.05) is 13.1 Å². The van der Waals surface area contributed by atoms with Crippen LogP contribution in [0.15, 0.2) is 0 Å². The molecule has 1 atom stereocenters. The van der Waals surface area contributed by atoms with Crippen molar-refractivity contribution in [2.24, 2.45) is 0 Å². The molecule has 1 aliphatic heterocycles. The normalized spacial score (nSPS) is 26.3. The standard InChI is InChI=1S/C7H8BrF4NO/c1-4(8)5(14)13-2-6(9,10)7(11,12)3-13/h4H,2-3H2,1H3. The number of likely N-dealkylation sites (tertiary alicyclic amines) is 1. The Bertz CT molecular complexity index is 240. The van der Waals surface area contributed by atoms with Gasteiger partial charge >= 0.3 is 11.8 Å². The minimum absolute atomic E-state index is 0.472. The van der Waals surface area contributed by atoms with Crippen LogP contribution in [0.25, 0.3) is 0 Å². The highest BCUT2D eigenvalue weighted by Crippen LogP contribution is 2.41. The van der Waals surface area contributed by atoms with Crippen LogP contribution in [0.3, 0.4) is 0 Å². The van der Waals surface area contributed by atoms with Crippen LogP contribution in [0.2, 0.25) is 0 Å². The number of alkyl halides is 5. The lowest BCUT2D eigenvalue weighted by molar-refractivity contribution is -0.172. The Morgan fingerprint density at radius 2 is 1.64 bits per heavy atom. The number of amides is 1. The van der Waals surface area contributed by atoms with E-state index >= 15 is 0 Å². The molecule has 7 heteroatoms. The number of hydrogen-bond acceptors (Lipinski definition) is 1. The zero-order chi connectivity index (χ0) is 11.1. The summed E-state index contributed by atoms with van der Waals surface area (Å²) in [4.78, 5) is 10.9. The molecular formula is C7H8BrF4NO. The molecule has 1 amide bonds. The van der Waals surface area contributed by atoms with Gasteiger partial charge < -0.3 is 4.90 Å². The van der Waals surface area contributed by atoms with Crippen molar-refractivity contribution in [3.63, 3.8) is 0 Å². The molecule has 0 aromatic rings. The predicted octanol–water partition coefficient (Wildman–Crippen LogP) is 1.88. The van der Waals surface area contributed by atoms with E-state index in [1.165, 1.54) is 6.92 Å². The van der Waals surface area contributed by atoms with Crippen LogP contribution in [-0.2, 0) is 4.79 Å². The summed E-state index contributed by atoms with van der Waals surface area (Å²) in [6.45, 7) is -1.03. The maximum atomic E-state index is 12.6. The predicted molar refractivity (Wildman–Crippen MR) is 44.9 cm³/mol. The van der Waals surface area contributed by atoms with Gasteiger partial charge in [-0.25, -0.2) is 0 Å². The second kappa shape index (κ2) is 3.36. The Morgan fingerprint density at radius 1 is 1.29 bits per heavy atom. The maximum Gasteiger partial charge on any atom is 0.329 e. The van der Waals surface area contributed by atoms with Crippen molar-refractivity contribution in [3.05, 3.63) is 0 Å². The minimum atomic E-state index is -4.12. The van der Waals surface area contributed by atoms with E-state index in [1.807, 2.05) is 0 Å². The number of carbonyl (C=O) groups excluding carboxylic acids is 1. The molecule has 1 fully saturated rings. The van der Waals surface area contributed by atoms with Crippen molar-refractivity contribution in [1.29, 1.82) is 0 Å². The lowest BCUT2D eigenvalue weighted by atomic mass is 10.2. The molecule has 1 aliphatic rings. The van der Waals surface area contributed by atoms with Crippen LogP contribution in [0, 0.1) is 0 Å². The van der Waals surface area contributed by atoms with Gasteiger partial charge in [0.2, 0.25) is 5.91 Å². The first kappa shape index (κ1) is 11.7. The van der Waals surface area contributed by atoms with Crippen LogP contribution in [0.1, 0.15) is 6.92 Å². The van der Waals surface area contributed by atoms with Crippen LogP contribution in [-0.4, -0.2) is 40.6 Å². The highest BCUT2D eigenvalue weighted by atomic mass is 79.9. The van der Waals surface area contributed by atoms with E-state index in [1.54, 1.807) is 0 Å². The first-order valence-corrected chi connectivity index (χ1v) is 4.77. The molecular weight excluding hydrogens is 270 g/mol. The molecule has 0 saturated carbocycles. The third-order valence-electron chi connectivity index (χ3n) is 1.97. The van der Waals surface area contributed by atoms with Crippen molar-refractivity contribution >= 4 is 21.8 Å². The van der Waals surface area contributed by atoms with Gasteiger partial charge in [-0.05, 0) is 6.92 Å². The fourth-order valence-electron chi connectivity index (χ4n) is 1.17. The van der Waals surface area contributed by atoms with Crippen molar-refractivity contribution < 1.29 is 22.4 Å². The zero-order valence-corrected chi connectivity index (χ0v) is 8.82. The Morgan fingerprint density at radius 3 is 1.93 bits per heavy atom. The monoisotopic (exact) mass is 277 g/mol. The van der Waals surface area contributed by atoms with E-state index in [0.29, 0.717) is 4.90 Å². The van der Waals surface area contributed by atoms with Gasteiger partial charge in [0.15, 0.2) is 0 Å². The quantitative estimate of drug-likeness (QED) is 0.530. The smallest absolute Gasteiger partial charge is 0.329 e. The largest absolute Gasteiger partial charge is 0.329 e. The Labute approximate surface area is 86.4 Å². The van der Waals surface area contributed by atoms with E-state index in [2.05, 4.69) is 15.9 Å². The van der Waals surface area contributed by atoms with E-state index in [-0.39, 0.29) is 0 Å². The van der Waals surface area contributed by atoms with Gasteiger partial charge in [0, 0.05) is 0 Å². The highest BCUT2D eigenvalue weighted by molar-refractivity contribution is 9.10. The summed E-state index contributed by atoms with van der Waals surface area (Å²) in [6, 6.07) is 0. The van der Waals surface area contributed by atoms with E-state index in [4.69, 9.17) is 0 Å². The third kappa shape index (κ3) is 1.87. The summed E-state index contributed by atoms with van der Waals surface area (Å²) >= 11 is 2.84. The fourth-order valence-corrected chi connectivity index (χ4v) is 1.46. The van der Waals surface area contributed by atoms with Crippen molar-refractivity contribution in [3.8, 4) is 0 Å². The van der Waals surface area contributed by atoms with Gasteiger partial charge in [-0.15, -0.1) is 0 Å². The van der Waals surface area contributed by atoms with Gasteiger partial charge in [-0.2, -0.15) is 17.6 Å². The summed E-state index contributed by atoms with van der Waals surface area (Å²) < 4.78 is 50.5. The van der Waals surface area contributed by atoms with Crippen LogP contribution in [0.4, 0.5) is 17.6 Å². The number of halogens is 5. The van der Waals surface area contributed by atoms with E-state index in [0.717, 1.165) is 0 Å². The first-order chi connectivity index (χ1) is 6.17. The van der Waals surface area contributed by atoms with Gasteiger partial charge in [-0.1, -0.05) is 15.9 Å². The van der Waals surface area contributed by atoms with E-state index < -0.39 is 35.7 Å². The molecule has 82 valence electrons. The molecule has 14 heavy (non-hydrogen) atoms. The lowest BCUT2D eigenvalue weighted by Gasteiger charge is -2.15. The summed E-state index contributed by atoms with van der Waals surface area (Å²) in [5.41, 5.74) is 0.